The van der Waals surface area contributed by atoms with Crippen molar-refractivity contribution in [3.8, 4) is 5.75 Å². The molecule has 0 saturated carbocycles. The van der Waals surface area contributed by atoms with Crippen LogP contribution in [-0.2, 0) is 13.0 Å². The minimum Gasteiger partial charge on any atom is -0.494 e. The zero-order valence-electron chi connectivity index (χ0n) is 11.3. The summed E-state index contributed by atoms with van der Waals surface area (Å²) in [6, 6.07) is 7.25. The van der Waals surface area contributed by atoms with Crippen LogP contribution in [0.5, 0.6) is 5.75 Å². The first kappa shape index (κ1) is 14.5. The van der Waals surface area contributed by atoms with Gasteiger partial charge >= 0.3 is 0 Å². The van der Waals surface area contributed by atoms with E-state index in [1.807, 2.05) is 19.1 Å². The van der Waals surface area contributed by atoms with E-state index in [1.54, 1.807) is 16.8 Å². The lowest BCUT2D eigenvalue weighted by Crippen LogP contribution is -2.09. The van der Waals surface area contributed by atoms with Crippen molar-refractivity contribution in [1.82, 2.24) is 15.0 Å². The largest absolute Gasteiger partial charge is 0.494 e. The van der Waals surface area contributed by atoms with Gasteiger partial charge < -0.3 is 4.74 Å². The predicted octanol–water partition coefficient (Wildman–Crippen LogP) is 2.78. The Kier molecular flexibility index (Phi) is 5.12. The number of ether oxygens (including phenoxy) is 1. The summed E-state index contributed by atoms with van der Waals surface area (Å²) in [6.07, 6.45) is 2.27. The lowest BCUT2D eigenvalue weighted by Gasteiger charge is -2.07. The number of carbonyl (C=O) groups is 1. The summed E-state index contributed by atoms with van der Waals surface area (Å²) in [5.74, 6) is 0.789. The Morgan fingerprint density at radius 3 is 2.75 bits per heavy atom. The van der Waals surface area contributed by atoms with Crippen LogP contribution in [0.3, 0.4) is 0 Å². The van der Waals surface area contributed by atoms with Gasteiger partial charge in [0.15, 0.2) is 6.29 Å². The van der Waals surface area contributed by atoms with E-state index in [9.17, 15) is 4.79 Å². The molecule has 0 aliphatic carbocycles. The number of carbonyl (C=O) groups excluding carboxylic acids is 1. The van der Waals surface area contributed by atoms with Crippen molar-refractivity contribution in [2.24, 2.45) is 0 Å². The average molecular weight is 294 g/mol. The van der Waals surface area contributed by atoms with E-state index in [0.717, 1.165) is 30.6 Å². The molecule has 0 spiro atoms. The number of benzene rings is 1. The Bertz CT molecular complexity index is 566. The normalized spacial score (nSPS) is 10.5. The highest BCUT2D eigenvalue weighted by molar-refractivity contribution is 6.30. The van der Waals surface area contributed by atoms with Gasteiger partial charge in [-0.3, -0.25) is 4.79 Å². The Hall–Kier alpha value is -1.88. The topological polar surface area (TPSA) is 57.0 Å². The SMILES string of the molecule is CCc1c(C=O)nnn1CCCOc1ccc(Cl)cc1. The fraction of sp³-hybridized carbons (Fsp3) is 0.357. The van der Waals surface area contributed by atoms with E-state index < -0.39 is 0 Å². The third-order valence-corrected chi connectivity index (χ3v) is 3.16. The highest BCUT2D eigenvalue weighted by Gasteiger charge is 2.09. The van der Waals surface area contributed by atoms with Crippen molar-refractivity contribution >= 4 is 17.9 Å². The molecule has 0 unspecified atom stereocenters. The van der Waals surface area contributed by atoms with Gasteiger partial charge in [-0.2, -0.15) is 0 Å². The maximum atomic E-state index is 10.8. The van der Waals surface area contributed by atoms with Crippen LogP contribution in [0.15, 0.2) is 24.3 Å². The molecule has 1 aromatic heterocycles. The van der Waals surface area contributed by atoms with Gasteiger partial charge in [-0.15, -0.1) is 5.10 Å². The summed E-state index contributed by atoms with van der Waals surface area (Å²) in [5.41, 5.74) is 1.29. The summed E-state index contributed by atoms with van der Waals surface area (Å²) in [5, 5.41) is 8.51. The molecular formula is C14H16ClN3O2. The molecule has 5 nitrogen and oxygen atoms in total. The van der Waals surface area contributed by atoms with Crippen molar-refractivity contribution in [3.63, 3.8) is 0 Å². The Balaban J connectivity index is 1.82. The highest BCUT2D eigenvalue weighted by Crippen LogP contribution is 2.15. The van der Waals surface area contributed by atoms with E-state index in [4.69, 9.17) is 16.3 Å². The van der Waals surface area contributed by atoms with E-state index in [-0.39, 0.29) is 0 Å². The van der Waals surface area contributed by atoms with Crippen LogP contribution in [0.4, 0.5) is 0 Å². The molecule has 0 bridgehead atoms. The molecule has 20 heavy (non-hydrogen) atoms. The molecule has 0 atom stereocenters. The molecule has 0 N–H and O–H groups in total. The maximum absolute atomic E-state index is 10.8. The predicted molar refractivity (Wildman–Crippen MR) is 76.4 cm³/mol. The lowest BCUT2D eigenvalue weighted by atomic mass is 10.2. The number of aryl methyl sites for hydroxylation is 1. The molecule has 1 heterocycles. The fourth-order valence-corrected chi connectivity index (χ4v) is 2.04. The summed E-state index contributed by atoms with van der Waals surface area (Å²) in [6.45, 7) is 3.23. The number of hydrogen-bond acceptors (Lipinski definition) is 4. The molecule has 2 rings (SSSR count). The van der Waals surface area contributed by atoms with E-state index in [1.165, 1.54) is 0 Å². The molecule has 106 valence electrons. The number of aldehydes is 1. The summed E-state index contributed by atoms with van der Waals surface area (Å²) in [7, 11) is 0. The summed E-state index contributed by atoms with van der Waals surface area (Å²) in [4.78, 5) is 10.8. The Morgan fingerprint density at radius 2 is 2.10 bits per heavy atom. The Labute approximate surface area is 122 Å². The molecule has 0 radical (unpaired) electrons. The van der Waals surface area contributed by atoms with Gasteiger partial charge in [-0.1, -0.05) is 23.7 Å². The second-order valence-corrected chi connectivity index (χ2v) is 4.71. The molecule has 0 aliphatic heterocycles. The third-order valence-electron chi connectivity index (χ3n) is 2.91. The first-order valence-corrected chi connectivity index (χ1v) is 6.88. The quantitative estimate of drug-likeness (QED) is 0.582. The zero-order valence-corrected chi connectivity index (χ0v) is 12.0. The minimum atomic E-state index is 0.422. The standard InChI is InChI=1S/C14H16ClN3O2/c1-2-14-13(10-19)16-17-18(14)8-3-9-20-12-6-4-11(15)5-7-12/h4-7,10H,2-3,8-9H2,1H3. The second kappa shape index (κ2) is 7.05. The fourth-order valence-electron chi connectivity index (χ4n) is 1.92. The Morgan fingerprint density at radius 1 is 1.35 bits per heavy atom. The van der Waals surface area contributed by atoms with Crippen LogP contribution in [0.25, 0.3) is 0 Å². The molecule has 0 fully saturated rings. The van der Waals surface area contributed by atoms with Crippen LogP contribution < -0.4 is 4.74 Å². The smallest absolute Gasteiger partial charge is 0.172 e. The average Bonchev–Trinajstić information content (AvgIpc) is 2.87. The lowest BCUT2D eigenvalue weighted by molar-refractivity contribution is 0.111. The van der Waals surface area contributed by atoms with Gasteiger partial charge in [0.25, 0.3) is 0 Å². The number of aromatic nitrogens is 3. The molecule has 0 aliphatic rings. The van der Waals surface area contributed by atoms with Crippen molar-refractivity contribution in [2.45, 2.75) is 26.3 Å². The van der Waals surface area contributed by atoms with Crippen molar-refractivity contribution in [3.05, 3.63) is 40.7 Å². The number of nitrogens with zero attached hydrogens (tertiary/aromatic N) is 3. The van der Waals surface area contributed by atoms with Gasteiger partial charge in [-0.25, -0.2) is 4.68 Å². The van der Waals surface area contributed by atoms with Crippen LogP contribution in [0, 0.1) is 0 Å². The molecular weight excluding hydrogens is 278 g/mol. The number of rotatable bonds is 7. The summed E-state index contributed by atoms with van der Waals surface area (Å²) < 4.78 is 7.36. The monoisotopic (exact) mass is 293 g/mol. The van der Waals surface area contributed by atoms with Crippen LogP contribution in [0.1, 0.15) is 29.5 Å². The van der Waals surface area contributed by atoms with Gasteiger partial charge in [-0.05, 0) is 30.7 Å². The first-order chi connectivity index (χ1) is 9.74. The first-order valence-electron chi connectivity index (χ1n) is 6.50. The molecule has 0 saturated heterocycles. The van der Waals surface area contributed by atoms with E-state index in [0.29, 0.717) is 23.9 Å². The zero-order chi connectivity index (χ0) is 14.4. The number of hydrogen-bond donors (Lipinski definition) is 0. The van der Waals surface area contributed by atoms with Crippen LogP contribution >= 0.6 is 11.6 Å². The van der Waals surface area contributed by atoms with Crippen molar-refractivity contribution in [1.29, 1.82) is 0 Å². The number of halogens is 1. The molecule has 6 heteroatoms. The van der Waals surface area contributed by atoms with Crippen LogP contribution in [0.2, 0.25) is 5.02 Å². The van der Waals surface area contributed by atoms with Crippen molar-refractivity contribution < 1.29 is 9.53 Å². The van der Waals surface area contributed by atoms with Gasteiger partial charge in [0.05, 0.1) is 12.3 Å². The molecule has 1 aromatic carbocycles. The van der Waals surface area contributed by atoms with Crippen LogP contribution in [-0.4, -0.2) is 27.9 Å². The van der Waals surface area contributed by atoms with Gasteiger partial charge in [0.2, 0.25) is 0 Å². The molecule has 0 amide bonds. The van der Waals surface area contributed by atoms with E-state index >= 15 is 0 Å². The van der Waals surface area contributed by atoms with Gasteiger partial charge in [0, 0.05) is 18.0 Å². The minimum absolute atomic E-state index is 0.422. The second-order valence-electron chi connectivity index (χ2n) is 4.27. The van der Waals surface area contributed by atoms with Gasteiger partial charge in [0.1, 0.15) is 11.4 Å². The maximum Gasteiger partial charge on any atom is 0.172 e. The third kappa shape index (κ3) is 3.57. The van der Waals surface area contributed by atoms with E-state index in [2.05, 4.69) is 10.3 Å². The highest BCUT2D eigenvalue weighted by atomic mass is 35.5. The summed E-state index contributed by atoms with van der Waals surface area (Å²) >= 11 is 5.80. The molecule has 2 aromatic rings. The van der Waals surface area contributed by atoms with Crippen molar-refractivity contribution in [2.75, 3.05) is 6.61 Å².